The van der Waals surface area contributed by atoms with Crippen molar-refractivity contribution >= 4 is 10.9 Å². The number of benzene rings is 1. The van der Waals surface area contributed by atoms with E-state index in [9.17, 15) is 8.42 Å². The Morgan fingerprint density at radius 2 is 1.82 bits per heavy atom. The van der Waals surface area contributed by atoms with Gasteiger partial charge < -0.3 is 5.32 Å². The third-order valence-electron chi connectivity index (χ3n) is 3.13. The first-order chi connectivity index (χ1) is 8.27. The second-order valence-electron chi connectivity index (χ2n) is 4.30. The van der Waals surface area contributed by atoms with Crippen LogP contribution >= 0.6 is 0 Å². The normalized spacial score (nSPS) is 17.8. The van der Waals surface area contributed by atoms with E-state index in [4.69, 9.17) is 0 Å². The highest BCUT2D eigenvalue weighted by Crippen LogP contribution is 2.15. The van der Waals surface area contributed by atoms with E-state index in [1.165, 1.54) is 0 Å². The Bertz CT molecular complexity index is 406. The quantitative estimate of drug-likeness (QED) is 0.780. The van der Waals surface area contributed by atoms with E-state index in [0.717, 1.165) is 31.5 Å². The minimum atomic E-state index is -2.50. The standard InChI is InChI=1S/C12H18N2O2S/c15-17(16)14(12-6-8-13-9-7-12)10-11-4-2-1-3-5-11/h1-5,12-13,17H,6-10H2. The SMILES string of the molecule is O=[SH](=O)N(Cc1ccccc1)C1CCNCC1. The number of nitrogens with one attached hydrogen (secondary N) is 1. The Kier molecular flexibility index (Phi) is 4.53. The third-order valence-corrected chi connectivity index (χ3v) is 4.01. The molecule has 0 aromatic heterocycles. The van der Waals surface area contributed by atoms with Gasteiger partial charge in [-0.05, 0) is 31.5 Å². The molecule has 94 valence electrons. The summed E-state index contributed by atoms with van der Waals surface area (Å²) >= 11 is 0. The van der Waals surface area contributed by atoms with Crippen molar-refractivity contribution in [1.29, 1.82) is 0 Å². The van der Waals surface area contributed by atoms with Gasteiger partial charge >= 0.3 is 0 Å². The Labute approximate surface area is 104 Å². The molecule has 0 bridgehead atoms. The number of rotatable bonds is 4. The molecular formula is C12H18N2O2S. The van der Waals surface area contributed by atoms with Crippen LogP contribution in [0.15, 0.2) is 30.3 Å². The van der Waals surface area contributed by atoms with Crippen LogP contribution < -0.4 is 5.32 Å². The molecule has 1 saturated heterocycles. The van der Waals surface area contributed by atoms with E-state index < -0.39 is 10.9 Å². The first-order valence-corrected chi connectivity index (χ1v) is 7.06. The molecule has 1 aromatic carbocycles. The van der Waals surface area contributed by atoms with Crippen LogP contribution in [0.3, 0.4) is 0 Å². The fourth-order valence-electron chi connectivity index (χ4n) is 2.20. The van der Waals surface area contributed by atoms with Gasteiger partial charge in [0.05, 0.1) is 0 Å². The number of hydrogen-bond donors (Lipinski definition) is 2. The lowest BCUT2D eigenvalue weighted by Crippen LogP contribution is -2.41. The van der Waals surface area contributed by atoms with Crippen LogP contribution in [-0.4, -0.2) is 31.9 Å². The van der Waals surface area contributed by atoms with Crippen molar-refractivity contribution in [3.05, 3.63) is 35.9 Å². The third kappa shape index (κ3) is 3.52. The Morgan fingerprint density at radius 3 is 2.41 bits per heavy atom. The average Bonchev–Trinajstić information content (AvgIpc) is 2.38. The van der Waals surface area contributed by atoms with E-state index in [0.29, 0.717) is 6.54 Å². The second kappa shape index (κ2) is 6.14. The summed E-state index contributed by atoms with van der Waals surface area (Å²) in [4.78, 5) is 0. The molecule has 2 rings (SSSR count). The van der Waals surface area contributed by atoms with Gasteiger partial charge in [-0.3, -0.25) is 0 Å². The molecule has 1 fully saturated rings. The number of nitrogens with zero attached hydrogens (tertiary/aromatic N) is 1. The minimum absolute atomic E-state index is 0.151. The molecule has 0 spiro atoms. The van der Waals surface area contributed by atoms with Gasteiger partial charge in [-0.15, -0.1) is 0 Å². The molecular weight excluding hydrogens is 236 g/mol. The van der Waals surface area contributed by atoms with Crippen LogP contribution in [0, 0.1) is 0 Å². The Hall–Kier alpha value is -0.910. The number of hydrogen-bond acceptors (Lipinski definition) is 3. The van der Waals surface area contributed by atoms with Crippen molar-refractivity contribution in [2.24, 2.45) is 0 Å². The highest BCUT2D eigenvalue weighted by molar-refractivity contribution is 7.69. The average molecular weight is 254 g/mol. The number of piperidine rings is 1. The van der Waals surface area contributed by atoms with Gasteiger partial charge in [0.15, 0.2) is 0 Å². The molecule has 4 nitrogen and oxygen atoms in total. The van der Waals surface area contributed by atoms with Gasteiger partial charge in [-0.25, -0.2) is 8.42 Å². The van der Waals surface area contributed by atoms with Gasteiger partial charge in [0.2, 0.25) is 10.9 Å². The van der Waals surface area contributed by atoms with Crippen molar-refractivity contribution < 1.29 is 8.42 Å². The van der Waals surface area contributed by atoms with Gasteiger partial charge in [0.1, 0.15) is 0 Å². The van der Waals surface area contributed by atoms with Gasteiger partial charge in [0.25, 0.3) is 0 Å². The predicted octanol–water partition coefficient (Wildman–Crippen LogP) is 0.767. The highest BCUT2D eigenvalue weighted by Gasteiger charge is 2.22. The van der Waals surface area contributed by atoms with Gasteiger partial charge in [-0.1, -0.05) is 30.3 Å². The molecule has 0 unspecified atom stereocenters. The van der Waals surface area contributed by atoms with E-state index in [-0.39, 0.29) is 6.04 Å². The lowest BCUT2D eigenvalue weighted by molar-refractivity contribution is 0.263. The fraction of sp³-hybridized carbons (Fsp3) is 0.500. The lowest BCUT2D eigenvalue weighted by Gasteiger charge is -2.30. The topological polar surface area (TPSA) is 49.4 Å². The molecule has 17 heavy (non-hydrogen) atoms. The van der Waals surface area contributed by atoms with Gasteiger partial charge in [0, 0.05) is 12.6 Å². The van der Waals surface area contributed by atoms with Crippen LogP contribution in [0.1, 0.15) is 18.4 Å². The first kappa shape index (κ1) is 12.5. The van der Waals surface area contributed by atoms with Crippen molar-refractivity contribution in [3.63, 3.8) is 0 Å². The summed E-state index contributed by atoms with van der Waals surface area (Å²) in [7, 11) is -2.50. The van der Waals surface area contributed by atoms with E-state index in [2.05, 4.69) is 5.32 Å². The monoisotopic (exact) mass is 254 g/mol. The van der Waals surface area contributed by atoms with E-state index in [1.807, 2.05) is 30.3 Å². The zero-order chi connectivity index (χ0) is 12.1. The highest BCUT2D eigenvalue weighted by atomic mass is 32.2. The summed E-state index contributed by atoms with van der Waals surface area (Å²) in [6.07, 6.45) is 1.80. The molecule has 0 saturated carbocycles. The van der Waals surface area contributed by atoms with E-state index in [1.54, 1.807) is 4.31 Å². The summed E-state index contributed by atoms with van der Waals surface area (Å²) in [5.74, 6) is 0. The summed E-state index contributed by atoms with van der Waals surface area (Å²) in [5.41, 5.74) is 1.05. The zero-order valence-electron chi connectivity index (χ0n) is 9.71. The smallest absolute Gasteiger partial charge is 0.204 e. The lowest BCUT2D eigenvalue weighted by atomic mass is 10.1. The summed E-state index contributed by atoms with van der Waals surface area (Å²) in [6.45, 7) is 2.29. The zero-order valence-corrected chi connectivity index (χ0v) is 10.6. The summed E-state index contributed by atoms with van der Waals surface area (Å²) in [5, 5.41) is 3.25. The molecule has 1 aromatic rings. The number of thiol groups is 1. The van der Waals surface area contributed by atoms with E-state index >= 15 is 0 Å². The largest absolute Gasteiger partial charge is 0.317 e. The van der Waals surface area contributed by atoms with Crippen LogP contribution in [-0.2, 0) is 17.4 Å². The molecule has 0 radical (unpaired) electrons. The maximum atomic E-state index is 11.3. The molecule has 1 aliphatic heterocycles. The fourth-order valence-corrected chi connectivity index (χ4v) is 2.97. The second-order valence-corrected chi connectivity index (χ2v) is 5.29. The van der Waals surface area contributed by atoms with Crippen molar-refractivity contribution in [1.82, 2.24) is 9.62 Å². The maximum absolute atomic E-state index is 11.3. The molecule has 0 atom stereocenters. The van der Waals surface area contributed by atoms with Gasteiger partial charge in [-0.2, -0.15) is 4.31 Å². The Balaban J connectivity index is 2.07. The van der Waals surface area contributed by atoms with Crippen molar-refractivity contribution in [3.8, 4) is 0 Å². The molecule has 1 aliphatic rings. The van der Waals surface area contributed by atoms with Crippen LogP contribution in [0.4, 0.5) is 0 Å². The van der Waals surface area contributed by atoms with Crippen molar-refractivity contribution in [2.75, 3.05) is 13.1 Å². The van der Waals surface area contributed by atoms with Crippen LogP contribution in [0.2, 0.25) is 0 Å². The maximum Gasteiger partial charge on any atom is 0.204 e. The molecule has 0 amide bonds. The Morgan fingerprint density at radius 1 is 1.18 bits per heavy atom. The minimum Gasteiger partial charge on any atom is -0.317 e. The van der Waals surface area contributed by atoms with Crippen LogP contribution in [0.5, 0.6) is 0 Å². The first-order valence-electron chi connectivity index (χ1n) is 5.93. The van der Waals surface area contributed by atoms with Crippen LogP contribution in [0.25, 0.3) is 0 Å². The molecule has 5 heteroatoms. The summed E-state index contributed by atoms with van der Waals surface area (Å²) in [6, 6.07) is 9.90. The summed E-state index contributed by atoms with van der Waals surface area (Å²) < 4.78 is 24.3. The van der Waals surface area contributed by atoms with Crippen molar-refractivity contribution in [2.45, 2.75) is 25.4 Å². The molecule has 0 aliphatic carbocycles. The molecule has 1 N–H and O–H groups in total. The molecule has 1 heterocycles. The predicted molar refractivity (Wildman–Crippen MR) is 68.2 cm³/mol.